The van der Waals surface area contributed by atoms with Crippen molar-refractivity contribution >= 4 is 27.8 Å². The Labute approximate surface area is 114 Å². The molecule has 1 unspecified atom stereocenters. The van der Waals surface area contributed by atoms with Gasteiger partial charge < -0.3 is 10.4 Å². The molecule has 1 aliphatic carbocycles. The Balaban J connectivity index is 1.91. The minimum Gasteiger partial charge on any atom is -0.480 e. The van der Waals surface area contributed by atoms with Crippen molar-refractivity contribution in [3.63, 3.8) is 0 Å². The molecule has 0 heterocycles. The van der Waals surface area contributed by atoms with Gasteiger partial charge in [0.2, 0.25) is 5.91 Å². The zero-order valence-electron chi connectivity index (χ0n) is 9.73. The molecule has 1 amide bonds. The number of carboxylic acids is 1. The van der Waals surface area contributed by atoms with Crippen molar-refractivity contribution in [1.29, 1.82) is 0 Å². The Morgan fingerprint density at radius 3 is 2.44 bits per heavy atom. The van der Waals surface area contributed by atoms with Crippen molar-refractivity contribution in [1.82, 2.24) is 5.32 Å². The van der Waals surface area contributed by atoms with Crippen molar-refractivity contribution in [2.75, 3.05) is 0 Å². The van der Waals surface area contributed by atoms with E-state index in [2.05, 4.69) is 21.2 Å². The molecular weight excluding hydrogens is 298 g/mol. The first-order valence-corrected chi connectivity index (χ1v) is 6.62. The van der Waals surface area contributed by atoms with Crippen molar-refractivity contribution in [2.24, 2.45) is 5.92 Å². The molecule has 18 heavy (non-hydrogen) atoms. The normalized spacial score (nSPS) is 16.1. The Bertz CT molecular complexity index is 454. The maximum absolute atomic E-state index is 11.8. The lowest BCUT2D eigenvalue weighted by atomic mass is 10.1. The quantitative estimate of drug-likeness (QED) is 0.873. The van der Waals surface area contributed by atoms with E-state index in [9.17, 15) is 9.59 Å². The SMILES string of the molecule is O=C(Cc1ccc(Br)cc1)NC(C(=O)O)C1CC1. The van der Waals surface area contributed by atoms with Gasteiger partial charge >= 0.3 is 5.97 Å². The van der Waals surface area contributed by atoms with Crippen LogP contribution in [-0.4, -0.2) is 23.0 Å². The lowest BCUT2D eigenvalue weighted by molar-refractivity contribution is -0.142. The standard InChI is InChI=1S/C13H14BrNO3/c14-10-5-1-8(2-6-10)7-11(16)15-12(13(17)18)9-3-4-9/h1-2,5-6,9,12H,3-4,7H2,(H,15,16)(H,17,18). The Morgan fingerprint density at radius 2 is 1.94 bits per heavy atom. The molecule has 0 spiro atoms. The van der Waals surface area contributed by atoms with E-state index >= 15 is 0 Å². The summed E-state index contributed by atoms with van der Waals surface area (Å²) >= 11 is 3.32. The molecule has 1 saturated carbocycles. The van der Waals surface area contributed by atoms with Gasteiger partial charge in [-0.3, -0.25) is 4.79 Å². The Hall–Kier alpha value is -1.36. The first-order chi connectivity index (χ1) is 8.56. The second-order valence-corrected chi connectivity index (χ2v) is 5.44. The highest BCUT2D eigenvalue weighted by Crippen LogP contribution is 2.32. The van der Waals surface area contributed by atoms with Gasteiger partial charge in [0.25, 0.3) is 0 Å². The lowest BCUT2D eigenvalue weighted by Crippen LogP contribution is -2.43. The summed E-state index contributed by atoms with van der Waals surface area (Å²) in [5.41, 5.74) is 0.871. The molecule has 1 aromatic carbocycles. The molecule has 2 N–H and O–H groups in total. The maximum atomic E-state index is 11.8. The number of carboxylic acid groups (broad SMARTS) is 1. The maximum Gasteiger partial charge on any atom is 0.326 e. The summed E-state index contributed by atoms with van der Waals surface area (Å²) < 4.78 is 0.952. The molecule has 0 aliphatic heterocycles. The van der Waals surface area contributed by atoms with Crippen LogP contribution >= 0.6 is 15.9 Å². The first-order valence-electron chi connectivity index (χ1n) is 5.83. The van der Waals surface area contributed by atoms with Crippen molar-refractivity contribution in [3.05, 3.63) is 34.3 Å². The minimum absolute atomic E-state index is 0.108. The molecule has 0 aromatic heterocycles. The number of hydrogen-bond acceptors (Lipinski definition) is 2. The van der Waals surface area contributed by atoms with Crippen LogP contribution in [0.1, 0.15) is 18.4 Å². The summed E-state index contributed by atoms with van der Waals surface area (Å²) in [6.07, 6.45) is 1.98. The van der Waals surface area contributed by atoms with E-state index in [0.717, 1.165) is 22.9 Å². The van der Waals surface area contributed by atoms with Gasteiger partial charge in [-0.25, -0.2) is 4.79 Å². The Kier molecular flexibility index (Phi) is 4.01. The van der Waals surface area contributed by atoms with E-state index < -0.39 is 12.0 Å². The Morgan fingerprint density at radius 1 is 1.33 bits per heavy atom. The summed E-state index contributed by atoms with van der Waals surface area (Å²) in [5, 5.41) is 11.6. The molecule has 1 atom stereocenters. The van der Waals surface area contributed by atoms with E-state index in [-0.39, 0.29) is 18.2 Å². The van der Waals surface area contributed by atoms with Gasteiger partial charge in [0.05, 0.1) is 6.42 Å². The van der Waals surface area contributed by atoms with Crippen molar-refractivity contribution in [3.8, 4) is 0 Å². The van der Waals surface area contributed by atoms with Gasteiger partial charge in [-0.2, -0.15) is 0 Å². The number of halogens is 1. The fourth-order valence-electron chi connectivity index (χ4n) is 1.82. The van der Waals surface area contributed by atoms with Crippen LogP contribution in [-0.2, 0) is 16.0 Å². The highest BCUT2D eigenvalue weighted by Gasteiger charge is 2.37. The molecular formula is C13H14BrNO3. The average molecular weight is 312 g/mol. The fraction of sp³-hybridized carbons (Fsp3) is 0.385. The van der Waals surface area contributed by atoms with Crippen LogP contribution in [0.4, 0.5) is 0 Å². The van der Waals surface area contributed by atoms with Crippen molar-refractivity contribution < 1.29 is 14.7 Å². The number of hydrogen-bond donors (Lipinski definition) is 2. The molecule has 4 nitrogen and oxygen atoms in total. The van der Waals surface area contributed by atoms with E-state index in [1.165, 1.54) is 0 Å². The molecule has 5 heteroatoms. The van der Waals surface area contributed by atoms with E-state index in [1.54, 1.807) is 0 Å². The molecule has 1 aromatic rings. The number of aliphatic carboxylic acids is 1. The number of nitrogens with one attached hydrogen (secondary N) is 1. The second kappa shape index (κ2) is 5.52. The molecule has 1 aliphatic rings. The third-order valence-corrected chi connectivity index (χ3v) is 3.48. The summed E-state index contributed by atoms with van der Waals surface area (Å²) in [6.45, 7) is 0. The fourth-order valence-corrected chi connectivity index (χ4v) is 2.09. The van der Waals surface area contributed by atoms with Crippen LogP contribution in [0.25, 0.3) is 0 Å². The average Bonchev–Trinajstić information content (AvgIpc) is 3.13. The van der Waals surface area contributed by atoms with E-state index in [4.69, 9.17) is 5.11 Å². The first kappa shape index (κ1) is 13.1. The van der Waals surface area contributed by atoms with Crippen LogP contribution in [0.3, 0.4) is 0 Å². The molecule has 0 saturated heterocycles. The van der Waals surface area contributed by atoms with Gasteiger partial charge in [-0.05, 0) is 36.5 Å². The minimum atomic E-state index is -0.943. The number of carbonyl (C=O) groups is 2. The third kappa shape index (κ3) is 3.57. The zero-order valence-corrected chi connectivity index (χ0v) is 11.3. The molecule has 0 bridgehead atoms. The predicted molar refractivity (Wildman–Crippen MR) is 70.1 cm³/mol. The van der Waals surface area contributed by atoms with Gasteiger partial charge in [0.15, 0.2) is 0 Å². The third-order valence-electron chi connectivity index (χ3n) is 2.95. The predicted octanol–water partition coefficient (Wildman–Crippen LogP) is 1.97. The highest BCUT2D eigenvalue weighted by molar-refractivity contribution is 9.10. The monoisotopic (exact) mass is 311 g/mol. The molecule has 0 radical (unpaired) electrons. The largest absolute Gasteiger partial charge is 0.480 e. The van der Waals surface area contributed by atoms with Crippen LogP contribution in [0.2, 0.25) is 0 Å². The van der Waals surface area contributed by atoms with Crippen LogP contribution in [0.5, 0.6) is 0 Å². The highest BCUT2D eigenvalue weighted by atomic mass is 79.9. The smallest absolute Gasteiger partial charge is 0.326 e. The number of benzene rings is 1. The molecule has 2 rings (SSSR count). The zero-order chi connectivity index (χ0) is 13.1. The van der Waals surface area contributed by atoms with Crippen molar-refractivity contribution in [2.45, 2.75) is 25.3 Å². The topological polar surface area (TPSA) is 66.4 Å². The summed E-state index contributed by atoms with van der Waals surface area (Å²) in [4.78, 5) is 22.8. The van der Waals surface area contributed by atoms with Crippen LogP contribution < -0.4 is 5.32 Å². The van der Waals surface area contributed by atoms with E-state index in [1.807, 2.05) is 24.3 Å². The summed E-state index contributed by atoms with van der Waals surface area (Å²) in [6, 6.07) is 6.68. The molecule has 1 fully saturated rings. The number of rotatable bonds is 5. The van der Waals surface area contributed by atoms with Crippen LogP contribution in [0, 0.1) is 5.92 Å². The van der Waals surface area contributed by atoms with Gasteiger partial charge in [0, 0.05) is 4.47 Å². The van der Waals surface area contributed by atoms with Crippen LogP contribution in [0.15, 0.2) is 28.7 Å². The number of amides is 1. The van der Waals surface area contributed by atoms with E-state index in [0.29, 0.717) is 0 Å². The summed E-state index contributed by atoms with van der Waals surface area (Å²) in [7, 11) is 0. The number of carbonyl (C=O) groups excluding carboxylic acids is 1. The lowest BCUT2D eigenvalue weighted by Gasteiger charge is -2.13. The van der Waals surface area contributed by atoms with Gasteiger partial charge in [-0.15, -0.1) is 0 Å². The van der Waals surface area contributed by atoms with Gasteiger partial charge in [-0.1, -0.05) is 28.1 Å². The van der Waals surface area contributed by atoms with Gasteiger partial charge in [0.1, 0.15) is 6.04 Å². The summed E-state index contributed by atoms with van der Waals surface area (Å²) in [5.74, 6) is -1.07. The second-order valence-electron chi connectivity index (χ2n) is 4.52. The molecule has 96 valence electrons.